The van der Waals surface area contributed by atoms with Crippen molar-refractivity contribution in [1.29, 1.82) is 0 Å². The number of halogens is 2. The molecule has 0 aliphatic rings. The first kappa shape index (κ1) is 23.9. The van der Waals surface area contributed by atoms with Gasteiger partial charge in [0.2, 0.25) is 0 Å². The Morgan fingerprint density at radius 1 is 1.00 bits per heavy atom. The van der Waals surface area contributed by atoms with E-state index in [0.717, 1.165) is 5.56 Å². The number of hydrazone groups is 1. The van der Waals surface area contributed by atoms with Gasteiger partial charge in [-0.25, -0.2) is 9.82 Å². The summed E-state index contributed by atoms with van der Waals surface area (Å²) in [5.41, 5.74) is 4.15. The average molecular weight is 514 g/mol. The minimum Gasteiger partial charge on any atom is -0.493 e. The van der Waals surface area contributed by atoms with Gasteiger partial charge in [-0.2, -0.15) is 5.10 Å². The summed E-state index contributed by atoms with van der Waals surface area (Å²) in [6.07, 6.45) is 0. The van der Waals surface area contributed by atoms with Crippen molar-refractivity contribution in [2.75, 3.05) is 12.4 Å². The Morgan fingerprint density at radius 3 is 2.45 bits per heavy atom. The summed E-state index contributed by atoms with van der Waals surface area (Å²) in [7, 11) is 1.52. The summed E-state index contributed by atoms with van der Waals surface area (Å²) in [6.45, 7) is 2.04. The summed E-state index contributed by atoms with van der Waals surface area (Å²) in [4.78, 5) is 24.1. The van der Waals surface area contributed by atoms with Gasteiger partial charge >= 0.3 is 11.8 Å². The summed E-state index contributed by atoms with van der Waals surface area (Å²) >= 11 is 3.12. The van der Waals surface area contributed by atoms with E-state index in [1.54, 1.807) is 31.2 Å². The zero-order valence-corrected chi connectivity index (χ0v) is 19.5. The fourth-order valence-electron chi connectivity index (χ4n) is 2.77. The van der Waals surface area contributed by atoms with Gasteiger partial charge in [-0.15, -0.1) is 0 Å². The molecule has 2 amide bonds. The number of rotatable bonds is 7. The van der Waals surface area contributed by atoms with E-state index in [-0.39, 0.29) is 5.69 Å². The van der Waals surface area contributed by atoms with Crippen LogP contribution in [0.4, 0.5) is 10.1 Å². The van der Waals surface area contributed by atoms with Gasteiger partial charge in [0.1, 0.15) is 12.4 Å². The summed E-state index contributed by atoms with van der Waals surface area (Å²) in [6, 6.07) is 19.0. The predicted octanol–water partition coefficient (Wildman–Crippen LogP) is 4.65. The number of amides is 2. The van der Waals surface area contributed by atoms with Gasteiger partial charge in [0.05, 0.1) is 18.5 Å². The monoisotopic (exact) mass is 513 g/mol. The number of anilines is 1. The topological polar surface area (TPSA) is 89.0 Å². The van der Waals surface area contributed by atoms with E-state index >= 15 is 0 Å². The maximum atomic E-state index is 13.8. The lowest BCUT2D eigenvalue weighted by atomic mass is 10.1. The van der Waals surface area contributed by atoms with E-state index in [1.807, 2.05) is 30.3 Å². The van der Waals surface area contributed by atoms with Gasteiger partial charge in [-0.3, -0.25) is 9.59 Å². The Balaban J connectivity index is 1.63. The highest BCUT2D eigenvalue weighted by molar-refractivity contribution is 9.10. The summed E-state index contributed by atoms with van der Waals surface area (Å²) < 4.78 is 25.6. The van der Waals surface area contributed by atoms with E-state index in [0.29, 0.717) is 33.9 Å². The molecule has 0 aromatic heterocycles. The number of carbonyl (C=O) groups is 2. The van der Waals surface area contributed by atoms with Crippen LogP contribution in [0.1, 0.15) is 18.1 Å². The van der Waals surface area contributed by atoms with Crippen LogP contribution in [0.25, 0.3) is 0 Å². The highest BCUT2D eigenvalue weighted by Crippen LogP contribution is 2.29. The second-order valence-corrected chi connectivity index (χ2v) is 7.77. The normalized spacial score (nSPS) is 11.0. The number of nitrogens with one attached hydrogen (secondary N) is 2. The zero-order chi connectivity index (χ0) is 23.8. The van der Waals surface area contributed by atoms with Crippen LogP contribution >= 0.6 is 15.9 Å². The maximum Gasteiger partial charge on any atom is 0.329 e. The minimum absolute atomic E-state index is 0.116. The number of methoxy groups -OCH3 is 1. The van der Waals surface area contributed by atoms with Crippen molar-refractivity contribution >= 4 is 39.1 Å². The van der Waals surface area contributed by atoms with Crippen molar-refractivity contribution in [2.24, 2.45) is 5.10 Å². The molecule has 0 saturated carbocycles. The van der Waals surface area contributed by atoms with Gasteiger partial charge < -0.3 is 14.8 Å². The number of nitrogens with zero attached hydrogens (tertiary/aromatic N) is 1. The largest absolute Gasteiger partial charge is 0.493 e. The molecule has 0 radical (unpaired) electrons. The van der Waals surface area contributed by atoms with E-state index in [1.165, 1.54) is 19.2 Å². The Hall–Kier alpha value is -3.72. The third-order valence-electron chi connectivity index (χ3n) is 4.53. The molecule has 2 N–H and O–H groups in total. The molecule has 33 heavy (non-hydrogen) atoms. The number of carbonyl (C=O) groups excluding carboxylic acids is 2. The van der Waals surface area contributed by atoms with E-state index < -0.39 is 17.6 Å². The number of hydrogen-bond acceptors (Lipinski definition) is 5. The molecule has 3 aromatic carbocycles. The van der Waals surface area contributed by atoms with Gasteiger partial charge in [-0.1, -0.05) is 46.3 Å². The van der Waals surface area contributed by atoms with Crippen molar-refractivity contribution in [3.05, 3.63) is 88.1 Å². The first-order valence-corrected chi connectivity index (χ1v) is 10.6. The SMILES string of the molecule is COc1cc(/C(C)=N/NC(=O)C(=O)Nc2ccc(Br)cc2F)ccc1OCc1ccccc1. The molecule has 0 aliphatic heterocycles. The van der Waals surface area contributed by atoms with Crippen molar-refractivity contribution in [2.45, 2.75) is 13.5 Å². The molecule has 0 aliphatic carbocycles. The van der Waals surface area contributed by atoms with Crippen LogP contribution in [-0.4, -0.2) is 24.6 Å². The van der Waals surface area contributed by atoms with E-state index in [9.17, 15) is 14.0 Å². The molecule has 0 unspecified atom stereocenters. The fraction of sp³-hybridized carbons (Fsp3) is 0.125. The Morgan fingerprint density at radius 2 is 1.76 bits per heavy atom. The van der Waals surface area contributed by atoms with Crippen LogP contribution in [0.2, 0.25) is 0 Å². The molecule has 9 heteroatoms. The third-order valence-corrected chi connectivity index (χ3v) is 5.02. The number of hydrogen-bond donors (Lipinski definition) is 2. The van der Waals surface area contributed by atoms with Crippen molar-refractivity contribution < 1.29 is 23.5 Å². The highest BCUT2D eigenvalue weighted by atomic mass is 79.9. The Bertz CT molecular complexity index is 1190. The van der Waals surface area contributed by atoms with Crippen molar-refractivity contribution in [3.8, 4) is 11.5 Å². The Labute approximate surface area is 198 Å². The number of benzene rings is 3. The first-order chi connectivity index (χ1) is 15.9. The molecule has 170 valence electrons. The number of ether oxygens (including phenoxy) is 2. The third kappa shape index (κ3) is 6.63. The van der Waals surface area contributed by atoms with Crippen LogP contribution < -0.4 is 20.2 Å². The highest BCUT2D eigenvalue weighted by Gasteiger charge is 2.16. The fourth-order valence-corrected chi connectivity index (χ4v) is 3.10. The average Bonchev–Trinajstić information content (AvgIpc) is 2.83. The lowest BCUT2D eigenvalue weighted by Gasteiger charge is -2.12. The second-order valence-electron chi connectivity index (χ2n) is 6.86. The molecule has 0 atom stereocenters. The van der Waals surface area contributed by atoms with Gasteiger partial charge in [-0.05, 0) is 48.9 Å². The lowest BCUT2D eigenvalue weighted by Crippen LogP contribution is -2.33. The summed E-state index contributed by atoms with van der Waals surface area (Å²) in [5.74, 6) is -1.71. The predicted molar refractivity (Wildman–Crippen MR) is 127 cm³/mol. The van der Waals surface area contributed by atoms with Crippen LogP contribution in [0.15, 0.2) is 76.3 Å². The molecule has 7 nitrogen and oxygen atoms in total. The van der Waals surface area contributed by atoms with Crippen molar-refractivity contribution in [3.63, 3.8) is 0 Å². The van der Waals surface area contributed by atoms with Crippen LogP contribution in [0, 0.1) is 5.82 Å². The molecule has 0 spiro atoms. The van der Waals surface area contributed by atoms with Gasteiger partial charge in [0.25, 0.3) is 0 Å². The van der Waals surface area contributed by atoms with Crippen LogP contribution in [-0.2, 0) is 16.2 Å². The molecule has 3 rings (SSSR count). The van der Waals surface area contributed by atoms with E-state index in [4.69, 9.17) is 9.47 Å². The molecule has 0 heterocycles. The maximum absolute atomic E-state index is 13.8. The van der Waals surface area contributed by atoms with Gasteiger partial charge in [0.15, 0.2) is 11.5 Å². The van der Waals surface area contributed by atoms with Crippen molar-refractivity contribution in [1.82, 2.24) is 5.43 Å². The Kier molecular flexibility index (Phi) is 8.15. The molecule has 0 fully saturated rings. The quantitative estimate of drug-likeness (QED) is 0.273. The molecular formula is C24H21BrFN3O4. The van der Waals surface area contributed by atoms with Gasteiger partial charge in [0, 0.05) is 10.0 Å². The minimum atomic E-state index is -1.05. The molecule has 3 aromatic rings. The second kappa shape index (κ2) is 11.2. The molecule has 0 saturated heterocycles. The van der Waals surface area contributed by atoms with E-state index in [2.05, 4.69) is 31.8 Å². The lowest BCUT2D eigenvalue weighted by molar-refractivity contribution is -0.136. The first-order valence-electron chi connectivity index (χ1n) is 9.83. The summed E-state index contributed by atoms with van der Waals surface area (Å²) in [5, 5.41) is 6.15. The zero-order valence-electron chi connectivity index (χ0n) is 17.9. The van der Waals surface area contributed by atoms with Crippen LogP contribution in [0.5, 0.6) is 11.5 Å². The molecule has 0 bridgehead atoms. The smallest absolute Gasteiger partial charge is 0.329 e. The standard InChI is InChI=1S/C24H21BrFN3O4/c1-15(28-29-24(31)23(30)27-20-10-9-18(25)13-19(20)26)17-8-11-21(22(12-17)32-2)33-14-16-6-4-3-5-7-16/h3-13H,14H2,1-2H3,(H,27,30)(H,29,31)/b28-15+. The molecular weight excluding hydrogens is 493 g/mol. The van der Waals surface area contributed by atoms with Crippen LogP contribution in [0.3, 0.4) is 0 Å².